The van der Waals surface area contributed by atoms with Gasteiger partial charge in [0.2, 0.25) is 0 Å². The third kappa shape index (κ3) is 3.63. The highest BCUT2D eigenvalue weighted by Gasteiger charge is 2.06. The number of rotatable bonds is 4. The van der Waals surface area contributed by atoms with Gasteiger partial charge in [-0.15, -0.1) is 0 Å². The highest BCUT2D eigenvalue weighted by atomic mass is 16.5. The van der Waals surface area contributed by atoms with Crippen LogP contribution >= 0.6 is 0 Å². The lowest BCUT2D eigenvalue weighted by atomic mass is 10.1. The molecule has 23 heavy (non-hydrogen) atoms. The van der Waals surface area contributed by atoms with Gasteiger partial charge in [-0.25, -0.2) is 0 Å². The summed E-state index contributed by atoms with van der Waals surface area (Å²) in [5.74, 6) is 0.802. The average molecular weight is 307 g/mol. The Labute approximate surface area is 134 Å². The summed E-state index contributed by atoms with van der Waals surface area (Å²) < 4.78 is 5.63. The molecule has 0 spiro atoms. The van der Waals surface area contributed by atoms with Crippen molar-refractivity contribution in [3.05, 3.63) is 65.2 Å². The second-order valence-corrected chi connectivity index (χ2v) is 5.43. The molecule has 0 aliphatic carbocycles. The van der Waals surface area contributed by atoms with E-state index in [2.05, 4.69) is 15.0 Å². The van der Waals surface area contributed by atoms with Crippen LogP contribution in [0.25, 0.3) is 22.6 Å². The Balaban J connectivity index is 1.97. The molecule has 1 N–H and O–H groups in total. The first-order chi connectivity index (χ1) is 11.1. The molecule has 0 aliphatic heterocycles. The van der Waals surface area contributed by atoms with E-state index >= 15 is 0 Å². The fourth-order valence-corrected chi connectivity index (χ4v) is 2.26. The van der Waals surface area contributed by atoms with Crippen LogP contribution in [0.15, 0.2) is 59.8 Å². The highest BCUT2D eigenvalue weighted by molar-refractivity contribution is 5.64. The summed E-state index contributed by atoms with van der Waals surface area (Å²) >= 11 is 0. The first kappa shape index (κ1) is 15.0. The molecule has 0 atom stereocenters. The van der Waals surface area contributed by atoms with E-state index < -0.39 is 0 Å². The number of pyridine rings is 1. The minimum absolute atomic E-state index is 0.0816. The van der Waals surface area contributed by atoms with E-state index in [1.54, 1.807) is 24.7 Å². The van der Waals surface area contributed by atoms with Crippen LogP contribution in [-0.4, -0.2) is 21.1 Å². The van der Waals surface area contributed by atoms with Gasteiger partial charge in [0.15, 0.2) is 5.43 Å². The largest absolute Gasteiger partial charge is 0.491 e. The second-order valence-electron chi connectivity index (χ2n) is 5.43. The van der Waals surface area contributed by atoms with Crippen LogP contribution in [0.1, 0.15) is 13.8 Å². The normalized spacial score (nSPS) is 10.7. The maximum absolute atomic E-state index is 12.0. The lowest BCUT2D eigenvalue weighted by Crippen LogP contribution is -2.05. The minimum Gasteiger partial charge on any atom is -0.491 e. The van der Waals surface area contributed by atoms with Crippen molar-refractivity contribution >= 4 is 0 Å². The van der Waals surface area contributed by atoms with E-state index in [0.717, 1.165) is 17.0 Å². The molecule has 1 aromatic carbocycles. The molecule has 0 saturated heterocycles. The van der Waals surface area contributed by atoms with Crippen LogP contribution in [0.3, 0.4) is 0 Å². The molecule has 5 heteroatoms. The summed E-state index contributed by atoms with van der Waals surface area (Å²) in [6.45, 7) is 3.96. The fraction of sp³-hybridized carbons (Fsp3) is 0.167. The molecular formula is C18H17N3O2. The van der Waals surface area contributed by atoms with Crippen molar-refractivity contribution in [2.45, 2.75) is 20.0 Å². The number of nitrogens with one attached hydrogen (secondary N) is 1. The summed E-state index contributed by atoms with van der Waals surface area (Å²) in [7, 11) is 0. The SMILES string of the molecule is CC(C)Oc1ccc(-c2cc(=O)cc(-c3cnccn3)[nH]2)cc1. The number of nitrogens with zero attached hydrogens (tertiary/aromatic N) is 2. The van der Waals surface area contributed by atoms with Gasteiger partial charge in [-0.1, -0.05) is 0 Å². The van der Waals surface area contributed by atoms with Gasteiger partial charge in [0, 0.05) is 30.2 Å². The van der Waals surface area contributed by atoms with Gasteiger partial charge >= 0.3 is 0 Å². The molecule has 3 aromatic rings. The van der Waals surface area contributed by atoms with Crippen LogP contribution in [-0.2, 0) is 0 Å². The molecule has 0 saturated carbocycles. The lowest BCUT2D eigenvalue weighted by Gasteiger charge is -2.10. The Morgan fingerprint density at radius 1 is 1.04 bits per heavy atom. The fourth-order valence-electron chi connectivity index (χ4n) is 2.26. The number of aromatic nitrogens is 3. The van der Waals surface area contributed by atoms with Crippen molar-refractivity contribution in [3.8, 4) is 28.4 Å². The first-order valence-electron chi connectivity index (χ1n) is 7.39. The Morgan fingerprint density at radius 3 is 2.43 bits per heavy atom. The van der Waals surface area contributed by atoms with E-state index in [1.807, 2.05) is 38.1 Å². The van der Waals surface area contributed by atoms with E-state index in [-0.39, 0.29) is 11.5 Å². The van der Waals surface area contributed by atoms with Crippen molar-refractivity contribution < 1.29 is 4.74 Å². The molecule has 2 heterocycles. The zero-order valence-electron chi connectivity index (χ0n) is 13.0. The summed E-state index contributed by atoms with van der Waals surface area (Å²) in [5, 5.41) is 0. The molecule has 0 bridgehead atoms. The van der Waals surface area contributed by atoms with Gasteiger partial charge in [0.25, 0.3) is 0 Å². The van der Waals surface area contributed by atoms with E-state index in [4.69, 9.17) is 4.74 Å². The lowest BCUT2D eigenvalue weighted by molar-refractivity contribution is 0.242. The van der Waals surface area contributed by atoms with Gasteiger partial charge in [-0.2, -0.15) is 0 Å². The van der Waals surface area contributed by atoms with Crippen LogP contribution in [0, 0.1) is 0 Å². The molecular weight excluding hydrogens is 290 g/mol. The molecule has 116 valence electrons. The number of ether oxygens (including phenoxy) is 1. The topological polar surface area (TPSA) is 67.9 Å². The number of hydrogen-bond acceptors (Lipinski definition) is 4. The third-order valence-corrected chi connectivity index (χ3v) is 3.22. The molecule has 0 unspecified atom stereocenters. The molecule has 0 radical (unpaired) electrons. The molecule has 0 fully saturated rings. The number of hydrogen-bond donors (Lipinski definition) is 1. The van der Waals surface area contributed by atoms with Crippen LogP contribution in [0.2, 0.25) is 0 Å². The standard InChI is InChI=1S/C18H17N3O2/c1-12(2)23-15-5-3-13(4-6-15)16-9-14(22)10-17(21-16)18-11-19-7-8-20-18/h3-12H,1-2H3,(H,21,22). The zero-order chi connectivity index (χ0) is 16.2. The summed E-state index contributed by atoms with van der Waals surface area (Å²) in [6, 6.07) is 10.7. The maximum atomic E-state index is 12.0. The quantitative estimate of drug-likeness (QED) is 0.803. The Morgan fingerprint density at radius 2 is 1.78 bits per heavy atom. The predicted molar refractivity (Wildman–Crippen MR) is 89.3 cm³/mol. The summed E-state index contributed by atoms with van der Waals surface area (Å²) in [5.41, 5.74) is 2.83. The molecule has 0 aliphatic rings. The zero-order valence-corrected chi connectivity index (χ0v) is 13.0. The predicted octanol–water partition coefficient (Wildman–Crippen LogP) is 3.29. The number of H-pyrrole nitrogens is 1. The van der Waals surface area contributed by atoms with Gasteiger partial charge in [0.1, 0.15) is 11.4 Å². The van der Waals surface area contributed by atoms with Gasteiger partial charge in [-0.05, 0) is 43.7 Å². The Bertz CT molecular complexity index is 840. The third-order valence-electron chi connectivity index (χ3n) is 3.22. The van der Waals surface area contributed by atoms with Crippen LogP contribution < -0.4 is 10.2 Å². The molecule has 2 aromatic heterocycles. The van der Waals surface area contributed by atoms with Crippen LogP contribution in [0.5, 0.6) is 5.75 Å². The second kappa shape index (κ2) is 6.44. The molecule has 0 amide bonds. The summed E-state index contributed by atoms with van der Waals surface area (Å²) in [6.07, 6.45) is 4.94. The summed E-state index contributed by atoms with van der Waals surface area (Å²) in [4.78, 5) is 23.5. The van der Waals surface area contributed by atoms with Crippen molar-refractivity contribution in [2.75, 3.05) is 0 Å². The smallest absolute Gasteiger partial charge is 0.182 e. The van der Waals surface area contributed by atoms with Crippen LogP contribution in [0.4, 0.5) is 0 Å². The van der Waals surface area contributed by atoms with Gasteiger partial charge in [-0.3, -0.25) is 14.8 Å². The van der Waals surface area contributed by atoms with E-state index in [9.17, 15) is 4.79 Å². The minimum atomic E-state index is -0.0816. The van der Waals surface area contributed by atoms with Gasteiger partial charge in [0.05, 0.1) is 18.0 Å². The first-order valence-corrected chi connectivity index (χ1v) is 7.39. The Kier molecular flexibility index (Phi) is 4.19. The van der Waals surface area contributed by atoms with Crippen molar-refractivity contribution in [3.63, 3.8) is 0 Å². The maximum Gasteiger partial charge on any atom is 0.182 e. The van der Waals surface area contributed by atoms with Gasteiger partial charge < -0.3 is 9.72 Å². The monoisotopic (exact) mass is 307 g/mol. The van der Waals surface area contributed by atoms with Crippen molar-refractivity contribution in [1.82, 2.24) is 15.0 Å². The average Bonchev–Trinajstić information content (AvgIpc) is 2.55. The van der Waals surface area contributed by atoms with Crippen molar-refractivity contribution in [2.24, 2.45) is 0 Å². The Hall–Kier alpha value is -2.95. The van der Waals surface area contributed by atoms with E-state index in [1.165, 1.54) is 6.07 Å². The highest BCUT2D eigenvalue weighted by Crippen LogP contribution is 2.22. The molecule has 3 rings (SSSR count). The van der Waals surface area contributed by atoms with E-state index in [0.29, 0.717) is 11.4 Å². The number of benzene rings is 1. The van der Waals surface area contributed by atoms with Crippen molar-refractivity contribution in [1.29, 1.82) is 0 Å². The molecule has 5 nitrogen and oxygen atoms in total. The number of aromatic amines is 1.